The van der Waals surface area contributed by atoms with Crippen LogP contribution in [0.4, 0.5) is 10.1 Å². The second-order valence-corrected chi connectivity index (χ2v) is 6.28. The summed E-state index contributed by atoms with van der Waals surface area (Å²) in [6.07, 6.45) is 0.363. The van der Waals surface area contributed by atoms with Crippen molar-refractivity contribution in [3.8, 4) is 0 Å². The number of hydrogen-bond acceptors (Lipinski definition) is 1. The Balaban J connectivity index is 2.86. The van der Waals surface area contributed by atoms with E-state index in [2.05, 4.69) is 21.2 Å². The van der Waals surface area contributed by atoms with Gasteiger partial charge in [0.1, 0.15) is 5.82 Å². The first kappa shape index (κ1) is 14.2. The maximum absolute atomic E-state index is 13.7. The number of amides is 1. The second-order valence-electron chi connectivity index (χ2n) is 5.37. The zero-order valence-corrected chi connectivity index (χ0v) is 12.1. The highest BCUT2D eigenvalue weighted by Crippen LogP contribution is 2.26. The predicted molar refractivity (Wildman–Crippen MR) is 71.5 cm³/mol. The van der Waals surface area contributed by atoms with Crippen LogP contribution in [-0.4, -0.2) is 5.91 Å². The van der Waals surface area contributed by atoms with Crippen molar-refractivity contribution in [2.24, 2.45) is 5.41 Å². The smallest absolute Gasteiger partial charge is 0.224 e. The van der Waals surface area contributed by atoms with Crippen molar-refractivity contribution in [2.45, 2.75) is 34.1 Å². The molecule has 94 valence electrons. The molecule has 1 rings (SSSR count). The molecule has 1 amide bonds. The lowest BCUT2D eigenvalue weighted by Crippen LogP contribution is -2.20. The van der Waals surface area contributed by atoms with Crippen LogP contribution in [0.1, 0.15) is 32.8 Å². The van der Waals surface area contributed by atoms with Crippen LogP contribution in [0.15, 0.2) is 16.6 Å². The minimum Gasteiger partial charge on any atom is -0.323 e. The van der Waals surface area contributed by atoms with Crippen molar-refractivity contribution in [3.63, 3.8) is 0 Å². The zero-order valence-electron chi connectivity index (χ0n) is 10.5. The average molecular weight is 302 g/mol. The Bertz CT molecular complexity index is 415. The van der Waals surface area contributed by atoms with Crippen molar-refractivity contribution >= 4 is 27.5 Å². The molecule has 0 radical (unpaired) electrons. The minimum atomic E-state index is -0.417. The molecule has 2 nitrogen and oxygen atoms in total. The topological polar surface area (TPSA) is 29.1 Å². The third-order valence-electron chi connectivity index (χ3n) is 2.21. The molecule has 0 heterocycles. The van der Waals surface area contributed by atoms with Gasteiger partial charge >= 0.3 is 0 Å². The summed E-state index contributed by atoms with van der Waals surface area (Å²) in [5, 5.41) is 2.63. The van der Waals surface area contributed by atoms with Gasteiger partial charge in [-0.1, -0.05) is 36.7 Å². The zero-order chi connectivity index (χ0) is 13.2. The van der Waals surface area contributed by atoms with Crippen LogP contribution in [0.2, 0.25) is 0 Å². The van der Waals surface area contributed by atoms with Crippen LogP contribution in [0, 0.1) is 18.2 Å². The summed E-state index contributed by atoms with van der Waals surface area (Å²) in [7, 11) is 0. The van der Waals surface area contributed by atoms with E-state index < -0.39 is 5.82 Å². The fourth-order valence-electron chi connectivity index (χ4n) is 1.53. The predicted octanol–water partition coefficient (Wildman–Crippen LogP) is 4.27. The van der Waals surface area contributed by atoms with Crippen LogP contribution in [-0.2, 0) is 4.79 Å². The van der Waals surface area contributed by atoms with Crippen molar-refractivity contribution in [2.75, 3.05) is 5.32 Å². The van der Waals surface area contributed by atoms with E-state index in [0.29, 0.717) is 16.5 Å². The molecule has 0 aliphatic rings. The number of hydrogen-bond donors (Lipinski definition) is 1. The van der Waals surface area contributed by atoms with Crippen molar-refractivity contribution in [1.29, 1.82) is 0 Å². The van der Waals surface area contributed by atoms with Crippen LogP contribution < -0.4 is 5.32 Å². The molecule has 17 heavy (non-hydrogen) atoms. The minimum absolute atomic E-state index is 0.107. The Morgan fingerprint density at radius 1 is 1.41 bits per heavy atom. The molecule has 0 fully saturated rings. The molecule has 0 saturated heterocycles. The van der Waals surface area contributed by atoms with E-state index in [1.54, 1.807) is 13.0 Å². The van der Waals surface area contributed by atoms with Gasteiger partial charge in [-0.15, -0.1) is 0 Å². The van der Waals surface area contributed by atoms with Gasteiger partial charge in [-0.05, 0) is 30.0 Å². The normalized spacial score (nSPS) is 11.4. The van der Waals surface area contributed by atoms with Gasteiger partial charge in [0, 0.05) is 10.9 Å². The standard InChI is InChI=1S/C13H17BrFNO/c1-8-5-9(14)6-10(15)12(8)16-11(17)7-13(2,3)4/h5-6H,7H2,1-4H3,(H,16,17). The van der Waals surface area contributed by atoms with E-state index in [1.807, 2.05) is 20.8 Å². The molecule has 0 bridgehead atoms. The van der Waals surface area contributed by atoms with Gasteiger partial charge < -0.3 is 5.32 Å². The average Bonchev–Trinajstić information content (AvgIpc) is 2.08. The summed E-state index contributed by atoms with van der Waals surface area (Å²) >= 11 is 3.21. The van der Waals surface area contributed by atoms with Gasteiger partial charge in [-0.3, -0.25) is 4.79 Å². The molecule has 1 N–H and O–H groups in total. The number of benzene rings is 1. The van der Waals surface area contributed by atoms with Gasteiger partial charge in [-0.25, -0.2) is 4.39 Å². The Hall–Kier alpha value is -0.900. The number of halogens is 2. The summed E-state index contributed by atoms with van der Waals surface area (Å²) in [6, 6.07) is 3.12. The van der Waals surface area contributed by atoms with E-state index in [-0.39, 0.29) is 17.0 Å². The fraction of sp³-hybridized carbons (Fsp3) is 0.462. The molecule has 0 atom stereocenters. The lowest BCUT2D eigenvalue weighted by Gasteiger charge is -2.18. The van der Waals surface area contributed by atoms with Crippen LogP contribution in [0.25, 0.3) is 0 Å². The van der Waals surface area contributed by atoms with E-state index >= 15 is 0 Å². The highest BCUT2D eigenvalue weighted by Gasteiger charge is 2.18. The maximum Gasteiger partial charge on any atom is 0.224 e. The molecule has 0 aliphatic carbocycles. The molecule has 0 spiro atoms. The van der Waals surface area contributed by atoms with Gasteiger partial charge in [0.2, 0.25) is 5.91 Å². The van der Waals surface area contributed by atoms with Gasteiger partial charge in [-0.2, -0.15) is 0 Å². The summed E-state index contributed by atoms with van der Waals surface area (Å²) in [4.78, 5) is 11.7. The molecule has 0 unspecified atom stereocenters. The van der Waals surface area contributed by atoms with Crippen molar-refractivity contribution in [3.05, 3.63) is 28.0 Å². The summed E-state index contributed by atoms with van der Waals surface area (Å²) in [5.74, 6) is -0.582. The third kappa shape index (κ3) is 4.46. The summed E-state index contributed by atoms with van der Waals surface area (Å²) in [5.41, 5.74) is 0.866. The fourth-order valence-corrected chi connectivity index (χ4v) is 2.07. The van der Waals surface area contributed by atoms with Crippen LogP contribution >= 0.6 is 15.9 Å². The van der Waals surface area contributed by atoms with Gasteiger partial charge in [0.25, 0.3) is 0 Å². The summed E-state index contributed by atoms with van der Waals surface area (Å²) < 4.78 is 14.3. The SMILES string of the molecule is Cc1cc(Br)cc(F)c1NC(=O)CC(C)(C)C. The lowest BCUT2D eigenvalue weighted by molar-refractivity contribution is -0.117. The highest BCUT2D eigenvalue weighted by atomic mass is 79.9. The lowest BCUT2D eigenvalue weighted by atomic mass is 9.92. The Morgan fingerprint density at radius 3 is 2.47 bits per heavy atom. The number of anilines is 1. The van der Waals surface area contributed by atoms with E-state index in [4.69, 9.17) is 0 Å². The molecule has 0 saturated carbocycles. The maximum atomic E-state index is 13.7. The largest absolute Gasteiger partial charge is 0.323 e. The number of nitrogens with one attached hydrogen (secondary N) is 1. The first-order valence-corrected chi connectivity index (χ1v) is 6.24. The molecule has 4 heteroatoms. The second kappa shape index (κ2) is 5.17. The van der Waals surface area contributed by atoms with E-state index in [0.717, 1.165) is 0 Å². The van der Waals surface area contributed by atoms with E-state index in [1.165, 1.54) is 6.07 Å². The number of carbonyl (C=O) groups is 1. The molecule has 0 aromatic heterocycles. The van der Waals surface area contributed by atoms with Crippen LogP contribution in [0.3, 0.4) is 0 Å². The van der Waals surface area contributed by atoms with Crippen molar-refractivity contribution in [1.82, 2.24) is 0 Å². The van der Waals surface area contributed by atoms with E-state index in [9.17, 15) is 9.18 Å². The first-order valence-electron chi connectivity index (χ1n) is 5.44. The van der Waals surface area contributed by atoms with Gasteiger partial charge in [0.15, 0.2) is 0 Å². The molecular formula is C13H17BrFNO. The van der Waals surface area contributed by atoms with Gasteiger partial charge in [0.05, 0.1) is 5.69 Å². The molecule has 0 aliphatic heterocycles. The number of carbonyl (C=O) groups excluding carboxylic acids is 1. The molecule has 1 aromatic carbocycles. The Morgan fingerprint density at radius 2 is 2.00 bits per heavy atom. The quantitative estimate of drug-likeness (QED) is 0.868. The van der Waals surface area contributed by atoms with Crippen molar-refractivity contribution < 1.29 is 9.18 Å². The summed E-state index contributed by atoms with van der Waals surface area (Å²) in [6.45, 7) is 7.67. The third-order valence-corrected chi connectivity index (χ3v) is 2.67. The number of aryl methyl sites for hydroxylation is 1. The Kier molecular flexibility index (Phi) is 4.31. The molecular weight excluding hydrogens is 285 g/mol. The Labute approximate surface area is 110 Å². The van der Waals surface area contributed by atoms with Crippen LogP contribution in [0.5, 0.6) is 0 Å². The molecule has 1 aromatic rings. The highest BCUT2D eigenvalue weighted by molar-refractivity contribution is 9.10. The number of rotatable bonds is 2. The first-order chi connectivity index (χ1) is 7.69. The monoisotopic (exact) mass is 301 g/mol.